The van der Waals surface area contributed by atoms with E-state index in [1.54, 1.807) is 5.56 Å². The zero-order chi connectivity index (χ0) is 13.1. The number of hydrogen-bond donors (Lipinski definition) is 2. The van der Waals surface area contributed by atoms with Gasteiger partial charge in [-0.1, -0.05) is 18.2 Å². The summed E-state index contributed by atoms with van der Waals surface area (Å²) in [6.45, 7) is 8.89. The smallest absolute Gasteiger partial charge is 0.00431 e. The monoisotopic (exact) mass is 257 g/mol. The average Bonchev–Trinajstić information content (AvgIpc) is 2.49. The Bertz CT molecular complexity index is 415. The molecule has 2 nitrogen and oxygen atoms in total. The van der Waals surface area contributed by atoms with E-state index >= 15 is 0 Å². The van der Waals surface area contributed by atoms with Gasteiger partial charge < -0.3 is 10.6 Å². The molecule has 2 aliphatic rings. The van der Waals surface area contributed by atoms with E-state index in [0.29, 0.717) is 0 Å². The minimum absolute atomic E-state index is 0.718. The molecule has 0 aromatic heterocycles. The van der Waals surface area contributed by atoms with E-state index in [0.717, 1.165) is 24.9 Å². The first kappa shape index (κ1) is 13.1. The Morgan fingerprint density at radius 2 is 1.42 bits per heavy atom. The third-order valence-corrected chi connectivity index (χ3v) is 4.76. The quantitative estimate of drug-likeness (QED) is 0.851. The van der Waals surface area contributed by atoms with Crippen molar-refractivity contribution in [1.29, 1.82) is 0 Å². The lowest BCUT2D eigenvalue weighted by atomic mass is 9.83. The maximum Gasteiger partial charge on any atom is -0.00431 e. The highest BCUT2D eigenvalue weighted by Gasteiger charge is 2.20. The molecule has 19 heavy (non-hydrogen) atoms. The first-order valence-electron chi connectivity index (χ1n) is 7.72. The maximum absolute atomic E-state index is 4.25. The molecule has 0 spiro atoms. The van der Waals surface area contributed by atoms with Crippen molar-refractivity contribution in [2.75, 3.05) is 26.2 Å². The highest BCUT2D eigenvalue weighted by Crippen LogP contribution is 2.32. The van der Waals surface area contributed by atoms with E-state index in [-0.39, 0.29) is 0 Å². The van der Waals surface area contributed by atoms with Crippen LogP contribution < -0.4 is 10.6 Å². The molecule has 2 N–H and O–H groups in total. The molecule has 0 atom stereocenters. The summed E-state index contributed by atoms with van der Waals surface area (Å²) in [5, 5.41) is 6.91. The van der Waals surface area contributed by atoms with E-state index in [1.807, 2.05) is 0 Å². The summed E-state index contributed by atoms with van der Waals surface area (Å²) in [6, 6.07) is 7.02. The molecule has 1 radical (unpaired) electrons. The SMILES string of the molecule is [CH2]c1ccc(C2CCNCC2)cc1C1CCNCC1. The Morgan fingerprint density at radius 1 is 0.842 bits per heavy atom. The van der Waals surface area contributed by atoms with Crippen LogP contribution in [0.4, 0.5) is 0 Å². The second-order valence-electron chi connectivity index (χ2n) is 6.01. The molecule has 2 saturated heterocycles. The Hall–Kier alpha value is -0.860. The summed E-state index contributed by atoms with van der Waals surface area (Å²) in [6.07, 6.45) is 5.08. The number of piperidine rings is 2. The number of nitrogens with one attached hydrogen (secondary N) is 2. The van der Waals surface area contributed by atoms with Gasteiger partial charge in [0.1, 0.15) is 0 Å². The molecular formula is C17H25N2. The minimum atomic E-state index is 0.718. The van der Waals surface area contributed by atoms with Gasteiger partial charge in [-0.2, -0.15) is 0 Å². The zero-order valence-electron chi connectivity index (χ0n) is 11.8. The van der Waals surface area contributed by atoms with Crippen molar-refractivity contribution in [3.8, 4) is 0 Å². The predicted molar refractivity (Wildman–Crippen MR) is 80.6 cm³/mol. The summed E-state index contributed by atoms with van der Waals surface area (Å²) in [5.41, 5.74) is 4.30. The molecule has 0 aliphatic carbocycles. The molecule has 103 valence electrons. The maximum atomic E-state index is 4.25. The lowest BCUT2D eigenvalue weighted by Gasteiger charge is -2.27. The molecule has 0 unspecified atom stereocenters. The van der Waals surface area contributed by atoms with Crippen molar-refractivity contribution in [3.63, 3.8) is 0 Å². The van der Waals surface area contributed by atoms with Gasteiger partial charge in [0.15, 0.2) is 0 Å². The van der Waals surface area contributed by atoms with Crippen LogP contribution in [0.1, 0.15) is 54.2 Å². The van der Waals surface area contributed by atoms with Gasteiger partial charge in [0.05, 0.1) is 0 Å². The van der Waals surface area contributed by atoms with Crippen LogP contribution in [-0.4, -0.2) is 26.2 Å². The highest BCUT2D eigenvalue weighted by molar-refractivity contribution is 5.38. The Kier molecular flexibility index (Phi) is 4.19. The fraction of sp³-hybridized carbons (Fsp3) is 0.588. The van der Waals surface area contributed by atoms with Crippen molar-refractivity contribution in [3.05, 3.63) is 41.8 Å². The molecule has 1 aromatic carbocycles. The largest absolute Gasteiger partial charge is 0.317 e. The second kappa shape index (κ2) is 6.06. The third kappa shape index (κ3) is 3.01. The summed E-state index contributed by atoms with van der Waals surface area (Å²) < 4.78 is 0. The van der Waals surface area contributed by atoms with Crippen LogP contribution in [0.15, 0.2) is 18.2 Å². The predicted octanol–water partition coefficient (Wildman–Crippen LogP) is 2.80. The van der Waals surface area contributed by atoms with Gasteiger partial charge in [0, 0.05) is 0 Å². The van der Waals surface area contributed by atoms with Crippen molar-refractivity contribution in [1.82, 2.24) is 10.6 Å². The molecule has 0 bridgehead atoms. The van der Waals surface area contributed by atoms with E-state index in [1.165, 1.54) is 49.9 Å². The normalized spacial score (nSPS) is 22.6. The van der Waals surface area contributed by atoms with Crippen LogP contribution in [0.2, 0.25) is 0 Å². The zero-order valence-corrected chi connectivity index (χ0v) is 11.8. The average molecular weight is 257 g/mol. The molecule has 0 saturated carbocycles. The van der Waals surface area contributed by atoms with Crippen LogP contribution in [0, 0.1) is 6.92 Å². The fourth-order valence-corrected chi connectivity index (χ4v) is 3.54. The lowest BCUT2D eigenvalue weighted by molar-refractivity contribution is 0.451. The van der Waals surface area contributed by atoms with Crippen LogP contribution in [0.3, 0.4) is 0 Å². The Labute approximate surface area is 117 Å². The van der Waals surface area contributed by atoms with Crippen LogP contribution >= 0.6 is 0 Å². The number of rotatable bonds is 2. The van der Waals surface area contributed by atoms with Crippen LogP contribution in [-0.2, 0) is 0 Å². The molecule has 0 amide bonds. The van der Waals surface area contributed by atoms with E-state index < -0.39 is 0 Å². The van der Waals surface area contributed by atoms with Crippen molar-refractivity contribution < 1.29 is 0 Å². The van der Waals surface area contributed by atoms with E-state index in [4.69, 9.17) is 0 Å². The highest BCUT2D eigenvalue weighted by atomic mass is 14.9. The van der Waals surface area contributed by atoms with Crippen molar-refractivity contribution >= 4 is 0 Å². The van der Waals surface area contributed by atoms with Crippen LogP contribution in [0.5, 0.6) is 0 Å². The van der Waals surface area contributed by atoms with Gasteiger partial charge in [0.25, 0.3) is 0 Å². The van der Waals surface area contributed by atoms with Crippen molar-refractivity contribution in [2.24, 2.45) is 0 Å². The second-order valence-corrected chi connectivity index (χ2v) is 6.01. The lowest BCUT2D eigenvalue weighted by Crippen LogP contribution is -2.28. The topological polar surface area (TPSA) is 24.1 Å². The fourth-order valence-electron chi connectivity index (χ4n) is 3.54. The van der Waals surface area contributed by atoms with E-state index in [2.05, 4.69) is 35.8 Å². The standard InChI is InChI=1S/C17H25N2/c1-13-2-3-16(14-4-8-18-9-5-14)12-17(13)15-6-10-19-11-7-15/h2-3,12,14-15,18-19H,1,4-11H2. The van der Waals surface area contributed by atoms with Gasteiger partial charge >= 0.3 is 0 Å². The molecule has 3 rings (SSSR count). The summed E-state index contributed by atoms with van der Waals surface area (Å²) in [5.74, 6) is 1.47. The molecule has 2 fully saturated rings. The van der Waals surface area contributed by atoms with Gasteiger partial charge in [-0.05, 0) is 87.3 Å². The van der Waals surface area contributed by atoms with Gasteiger partial charge in [-0.25, -0.2) is 0 Å². The van der Waals surface area contributed by atoms with Gasteiger partial charge in [-0.3, -0.25) is 0 Å². The van der Waals surface area contributed by atoms with Gasteiger partial charge in [-0.15, -0.1) is 0 Å². The molecular weight excluding hydrogens is 232 g/mol. The number of hydrogen-bond acceptors (Lipinski definition) is 2. The van der Waals surface area contributed by atoms with E-state index in [9.17, 15) is 0 Å². The van der Waals surface area contributed by atoms with Crippen LogP contribution in [0.25, 0.3) is 0 Å². The molecule has 2 heterocycles. The third-order valence-electron chi connectivity index (χ3n) is 4.76. The Morgan fingerprint density at radius 3 is 2.05 bits per heavy atom. The van der Waals surface area contributed by atoms with Gasteiger partial charge in [0.2, 0.25) is 0 Å². The molecule has 1 aromatic rings. The number of benzene rings is 1. The summed E-state index contributed by atoms with van der Waals surface area (Å²) >= 11 is 0. The van der Waals surface area contributed by atoms with Crippen molar-refractivity contribution in [2.45, 2.75) is 37.5 Å². The molecule has 2 aliphatic heterocycles. The minimum Gasteiger partial charge on any atom is -0.317 e. The first-order valence-corrected chi connectivity index (χ1v) is 7.72. The molecule has 2 heteroatoms. The summed E-state index contributed by atoms with van der Waals surface area (Å²) in [7, 11) is 0. The first-order chi connectivity index (χ1) is 9.34. The summed E-state index contributed by atoms with van der Waals surface area (Å²) in [4.78, 5) is 0. The Balaban J connectivity index is 1.82.